The van der Waals surface area contributed by atoms with Crippen LogP contribution in [0.5, 0.6) is 0 Å². The molecule has 1 aromatic carbocycles. The smallest absolute Gasteiger partial charge is 0.161 e. The summed E-state index contributed by atoms with van der Waals surface area (Å²) in [5.41, 5.74) is 6.42. The van der Waals surface area contributed by atoms with E-state index in [0.717, 1.165) is 6.07 Å². The summed E-state index contributed by atoms with van der Waals surface area (Å²) in [7, 11) is 0. The minimum absolute atomic E-state index is 0.265. The first-order valence-electron chi connectivity index (χ1n) is 3.73. The molecule has 0 bridgehead atoms. The maximum absolute atomic E-state index is 12.8. The molecule has 0 aliphatic carbocycles. The van der Waals surface area contributed by atoms with E-state index < -0.39 is 11.6 Å². The molecule has 0 saturated carbocycles. The highest BCUT2D eigenvalue weighted by Gasteiger charge is 2.08. The third-order valence-electron chi connectivity index (χ3n) is 1.76. The van der Waals surface area contributed by atoms with Gasteiger partial charge < -0.3 is 5.73 Å². The molecule has 0 aliphatic rings. The SMILES string of the molecule is Cc1cc(C(C)N)cc(F)c1F. The van der Waals surface area contributed by atoms with E-state index in [0.29, 0.717) is 11.1 Å². The molecular formula is C9H11F2N. The molecule has 3 heteroatoms. The summed E-state index contributed by atoms with van der Waals surface area (Å²) in [5.74, 6) is -1.62. The fourth-order valence-corrected chi connectivity index (χ4v) is 1.02. The summed E-state index contributed by atoms with van der Waals surface area (Å²) in [4.78, 5) is 0. The lowest BCUT2D eigenvalue weighted by molar-refractivity contribution is 0.500. The Morgan fingerprint density at radius 1 is 1.33 bits per heavy atom. The number of aryl methyl sites for hydroxylation is 1. The molecule has 0 fully saturated rings. The first-order chi connectivity index (χ1) is 5.52. The van der Waals surface area contributed by atoms with Gasteiger partial charge in [0.05, 0.1) is 0 Å². The maximum atomic E-state index is 12.8. The molecule has 1 rings (SSSR count). The molecule has 1 unspecified atom stereocenters. The number of rotatable bonds is 1. The Bertz CT molecular complexity index is 272. The van der Waals surface area contributed by atoms with E-state index in [1.54, 1.807) is 13.0 Å². The summed E-state index contributed by atoms with van der Waals surface area (Å²) < 4.78 is 25.5. The van der Waals surface area contributed by atoms with Crippen molar-refractivity contribution in [2.75, 3.05) is 0 Å². The van der Waals surface area contributed by atoms with Crippen LogP contribution in [0, 0.1) is 18.6 Å². The van der Waals surface area contributed by atoms with Crippen molar-refractivity contribution in [2.45, 2.75) is 19.9 Å². The standard InChI is InChI=1S/C9H11F2N/c1-5-3-7(6(2)12)4-8(10)9(5)11/h3-4,6H,12H2,1-2H3. The summed E-state index contributed by atoms with van der Waals surface area (Å²) in [6, 6.07) is 2.43. The molecule has 1 nitrogen and oxygen atoms in total. The van der Waals surface area contributed by atoms with Gasteiger partial charge in [-0.2, -0.15) is 0 Å². The van der Waals surface area contributed by atoms with Crippen LogP contribution < -0.4 is 5.73 Å². The van der Waals surface area contributed by atoms with Crippen LogP contribution in [-0.4, -0.2) is 0 Å². The second kappa shape index (κ2) is 3.19. The van der Waals surface area contributed by atoms with Crippen molar-refractivity contribution in [2.24, 2.45) is 5.73 Å². The number of nitrogens with two attached hydrogens (primary N) is 1. The molecule has 66 valence electrons. The number of hydrogen-bond acceptors (Lipinski definition) is 1. The average molecular weight is 171 g/mol. The minimum atomic E-state index is -0.831. The first kappa shape index (κ1) is 9.13. The van der Waals surface area contributed by atoms with Gasteiger partial charge in [0.25, 0.3) is 0 Å². The fourth-order valence-electron chi connectivity index (χ4n) is 1.02. The van der Waals surface area contributed by atoms with Crippen LogP contribution in [0.25, 0.3) is 0 Å². The molecule has 0 heterocycles. The van der Waals surface area contributed by atoms with E-state index in [4.69, 9.17) is 5.73 Å². The topological polar surface area (TPSA) is 26.0 Å². The van der Waals surface area contributed by atoms with Crippen molar-refractivity contribution < 1.29 is 8.78 Å². The Kier molecular flexibility index (Phi) is 2.43. The first-order valence-corrected chi connectivity index (χ1v) is 3.73. The van der Waals surface area contributed by atoms with Crippen LogP contribution in [0.15, 0.2) is 12.1 Å². The van der Waals surface area contributed by atoms with Crippen LogP contribution >= 0.6 is 0 Å². The predicted octanol–water partition coefficient (Wildman–Crippen LogP) is 2.29. The van der Waals surface area contributed by atoms with Gasteiger partial charge >= 0.3 is 0 Å². The molecule has 0 aromatic heterocycles. The van der Waals surface area contributed by atoms with Crippen LogP contribution in [0.3, 0.4) is 0 Å². The number of benzene rings is 1. The maximum Gasteiger partial charge on any atom is 0.161 e. The Morgan fingerprint density at radius 3 is 2.33 bits per heavy atom. The molecule has 1 atom stereocenters. The van der Waals surface area contributed by atoms with Gasteiger partial charge in [-0.1, -0.05) is 6.07 Å². The van der Waals surface area contributed by atoms with Crippen LogP contribution in [-0.2, 0) is 0 Å². The van der Waals surface area contributed by atoms with Gasteiger partial charge in [-0.3, -0.25) is 0 Å². The van der Waals surface area contributed by atoms with Gasteiger partial charge in [0.1, 0.15) is 0 Å². The lowest BCUT2D eigenvalue weighted by Gasteiger charge is -2.07. The van der Waals surface area contributed by atoms with Crippen LogP contribution in [0.1, 0.15) is 24.1 Å². The normalized spacial score (nSPS) is 13.1. The lowest BCUT2D eigenvalue weighted by Crippen LogP contribution is -2.06. The summed E-state index contributed by atoms with van der Waals surface area (Å²) in [6.45, 7) is 3.25. The molecule has 0 aliphatic heterocycles. The molecular weight excluding hydrogens is 160 g/mol. The van der Waals surface area contributed by atoms with E-state index in [1.165, 1.54) is 6.92 Å². The highest BCUT2D eigenvalue weighted by molar-refractivity contribution is 5.27. The molecule has 0 amide bonds. The van der Waals surface area contributed by atoms with Crippen molar-refractivity contribution in [1.82, 2.24) is 0 Å². The lowest BCUT2D eigenvalue weighted by atomic mass is 10.1. The largest absolute Gasteiger partial charge is 0.324 e. The Morgan fingerprint density at radius 2 is 1.92 bits per heavy atom. The quantitative estimate of drug-likeness (QED) is 0.689. The monoisotopic (exact) mass is 171 g/mol. The van der Waals surface area contributed by atoms with Gasteiger partial charge in [-0.25, -0.2) is 8.78 Å². The highest BCUT2D eigenvalue weighted by atomic mass is 19.2. The van der Waals surface area contributed by atoms with E-state index in [-0.39, 0.29) is 6.04 Å². The molecule has 2 N–H and O–H groups in total. The Hall–Kier alpha value is -0.960. The fraction of sp³-hybridized carbons (Fsp3) is 0.333. The van der Waals surface area contributed by atoms with Gasteiger partial charge in [0, 0.05) is 6.04 Å². The zero-order chi connectivity index (χ0) is 9.30. The zero-order valence-corrected chi connectivity index (χ0v) is 7.07. The van der Waals surface area contributed by atoms with Crippen molar-refractivity contribution in [1.29, 1.82) is 0 Å². The average Bonchev–Trinajstić information content (AvgIpc) is 1.99. The molecule has 0 radical (unpaired) electrons. The summed E-state index contributed by atoms with van der Waals surface area (Å²) in [6.07, 6.45) is 0. The van der Waals surface area contributed by atoms with Gasteiger partial charge in [-0.05, 0) is 31.0 Å². The second-order valence-corrected chi connectivity index (χ2v) is 2.92. The second-order valence-electron chi connectivity index (χ2n) is 2.92. The molecule has 12 heavy (non-hydrogen) atoms. The van der Waals surface area contributed by atoms with Gasteiger partial charge in [0.15, 0.2) is 11.6 Å². The highest BCUT2D eigenvalue weighted by Crippen LogP contribution is 2.17. The summed E-state index contributed by atoms with van der Waals surface area (Å²) >= 11 is 0. The Balaban J connectivity index is 3.21. The summed E-state index contributed by atoms with van der Waals surface area (Å²) in [5, 5.41) is 0. The number of hydrogen-bond donors (Lipinski definition) is 1. The van der Waals surface area contributed by atoms with Crippen LogP contribution in [0.4, 0.5) is 8.78 Å². The molecule has 0 spiro atoms. The van der Waals surface area contributed by atoms with Gasteiger partial charge in [0.2, 0.25) is 0 Å². The molecule has 0 saturated heterocycles. The van der Waals surface area contributed by atoms with E-state index >= 15 is 0 Å². The van der Waals surface area contributed by atoms with Crippen LogP contribution in [0.2, 0.25) is 0 Å². The van der Waals surface area contributed by atoms with E-state index in [9.17, 15) is 8.78 Å². The Labute approximate surface area is 70.2 Å². The predicted molar refractivity (Wildman–Crippen MR) is 43.7 cm³/mol. The third kappa shape index (κ3) is 1.61. The van der Waals surface area contributed by atoms with Crippen molar-refractivity contribution >= 4 is 0 Å². The van der Waals surface area contributed by atoms with Gasteiger partial charge in [-0.15, -0.1) is 0 Å². The van der Waals surface area contributed by atoms with E-state index in [1.807, 2.05) is 0 Å². The third-order valence-corrected chi connectivity index (χ3v) is 1.76. The van der Waals surface area contributed by atoms with E-state index in [2.05, 4.69) is 0 Å². The zero-order valence-electron chi connectivity index (χ0n) is 7.07. The van der Waals surface area contributed by atoms with Crippen molar-refractivity contribution in [3.05, 3.63) is 34.9 Å². The minimum Gasteiger partial charge on any atom is -0.324 e. The molecule has 1 aromatic rings. The van der Waals surface area contributed by atoms with Crippen molar-refractivity contribution in [3.8, 4) is 0 Å². The number of halogens is 2. The van der Waals surface area contributed by atoms with Crippen molar-refractivity contribution in [3.63, 3.8) is 0 Å².